The summed E-state index contributed by atoms with van der Waals surface area (Å²) < 4.78 is 44.3. The zero-order chi connectivity index (χ0) is 31.2. The average Bonchev–Trinajstić information content (AvgIpc) is 3.34. The molecule has 1 unspecified atom stereocenters. The number of pyridine rings is 1. The summed E-state index contributed by atoms with van der Waals surface area (Å²) >= 11 is 0. The van der Waals surface area contributed by atoms with E-state index < -0.39 is 29.8 Å². The normalized spacial score (nSPS) is 12.7. The average molecular weight is 622 g/mol. The van der Waals surface area contributed by atoms with E-state index in [0.29, 0.717) is 47.1 Å². The van der Waals surface area contributed by atoms with Crippen LogP contribution in [0.1, 0.15) is 24.8 Å². The molecule has 0 amide bonds. The lowest BCUT2D eigenvalue weighted by molar-refractivity contribution is -0.142. The molecule has 9 nitrogen and oxygen atoms in total. The van der Waals surface area contributed by atoms with Crippen LogP contribution < -0.4 is 4.74 Å². The maximum absolute atomic E-state index is 12.9. The van der Waals surface area contributed by atoms with E-state index in [1.807, 2.05) is 34.9 Å². The highest BCUT2D eigenvalue weighted by Gasteiger charge is 2.27. The van der Waals surface area contributed by atoms with Crippen LogP contribution in [0.3, 0.4) is 0 Å². The van der Waals surface area contributed by atoms with Crippen molar-refractivity contribution in [2.45, 2.75) is 56.6 Å². The number of methoxy groups -OCH3 is 1. The molecule has 1 atom stereocenters. The van der Waals surface area contributed by atoms with Crippen molar-refractivity contribution in [3.8, 4) is 23.0 Å². The lowest BCUT2D eigenvalue weighted by atomic mass is 9.94. The Morgan fingerprint density at radius 3 is 2.47 bits per heavy atom. The van der Waals surface area contributed by atoms with Crippen molar-refractivity contribution in [3.63, 3.8) is 0 Å². The summed E-state index contributed by atoms with van der Waals surface area (Å²) in [6.45, 7) is 13.2. The molecule has 43 heavy (non-hydrogen) atoms. The van der Waals surface area contributed by atoms with Crippen LogP contribution in [0.2, 0.25) is 25.7 Å². The number of sulfone groups is 1. The van der Waals surface area contributed by atoms with E-state index in [1.165, 1.54) is 19.2 Å². The summed E-state index contributed by atoms with van der Waals surface area (Å²) in [5.74, 6) is 0.315. The predicted molar refractivity (Wildman–Crippen MR) is 171 cm³/mol. The van der Waals surface area contributed by atoms with Crippen LogP contribution in [0.15, 0.2) is 78.3 Å². The molecule has 2 aromatic heterocycles. The molecule has 4 aromatic rings. The summed E-state index contributed by atoms with van der Waals surface area (Å²) in [6.07, 6.45) is 3.69. The van der Waals surface area contributed by atoms with Gasteiger partial charge in [-0.1, -0.05) is 38.7 Å². The van der Waals surface area contributed by atoms with E-state index in [9.17, 15) is 13.2 Å². The number of allylic oxidation sites excluding steroid dienone is 1. The molecule has 0 aliphatic rings. The van der Waals surface area contributed by atoms with E-state index in [4.69, 9.17) is 19.2 Å². The first-order valence-electron chi connectivity index (χ1n) is 14.2. The second-order valence-corrected chi connectivity index (χ2v) is 19.3. The van der Waals surface area contributed by atoms with Gasteiger partial charge >= 0.3 is 5.97 Å². The highest BCUT2D eigenvalue weighted by Crippen LogP contribution is 2.38. The van der Waals surface area contributed by atoms with Gasteiger partial charge < -0.3 is 14.2 Å². The van der Waals surface area contributed by atoms with Crippen molar-refractivity contribution >= 4 is 34.9 Å². The maximum Gasteiger partial charge on any atom is 0.313 e. The lowest BCUT2D eigenvalue weighted by Crippen LogP contribution is -2.22. The number of carbonyl (C=O) groups excluding carboxylic acids is 1. The molecule has 0 saturated carbocycles. The molecule has 4 rings (SSSR count). The minimum absolute atomic E-state index is 0.00100. The summed E-state index contributed by atoms with van der Waals surface area (Å²) in [7, 11) is -3.32. The van der Waals surface area contributed by atoms with Crippen molar-refractivity contribution in [1.29, 1.82) is 0 Å². The molecule has 0 spiro atoms. The van der Waals surface area contributed by atoms with Gasteiger partial charge in [-0.15, -0.1) is 6.58 Å². The van der Waals surface area contributed by atoms with Gasteiger partial charge in [0.15, 0.2) is 15.7 Å². The van der Waals surface area contributed by atoms with Gasteiger partial charge in [0.1, 0.15) is 23.9 Å². The third-order valence-corrected chi connectivity index (χ3v) is 10.5. The van der Waals surface area contributed by atoms with Crippen LogP contribution in [0.4, 0.5) is 0 Å². The Labute approximate surface area is 254 Å². The minimum atomic E-state index is -3.37. The Morgan fingerprint density at radius 1 is 1.12 bits per heavy atom. The topological polar surface area (TPSA) is 110 Å². The number of carbonyl (C=O) groups is 1. The molecule has 0 bridgehead atoms. The number of nitrogens with zero attached hydrogens (tertiary/aromatic N) is 3. The summed E-state index contributed by atoms with van der Waals surface area (Å²) in [6, 6.07) is 16.6. The largest absolute Gasteiger partial charge is 0.469 e. The number of ether oxygens (including phenoxy) is 3. The number of imidazole rings is 1. The summed E-state index contributed by atoms with van der Waals surface area (Å²) in [4.78, 5) is 22.6. The number of aromatic nitrogens is 3. The highest BCUT2D eigenvalue weighted by molar-refractivity contribution is 7.91. The number of benzene rings is 2. The van der Waals surface area contributed by atoms with Gasteiger partial charge in [0.05, 0.1) is 34.7 Å². The molecular weight excluding hydrogens is 583 g/mol. The first kappa shape index (κ1) is 32.1. The quantitative estimate of drug-likeness (QED) is 0.0652. The molecule has 0 saturated heterocycles. The maximum atomic E-state index is 12.9. The number of hydrogen-bond donors (Lipinski definition) is 0. The molecule has 0 radical (unpaired) electrons. The van der Waals surface area contributed by atoms with Gasteiger partial charge in [-0.2, -0.15) is 0 Å². The van der Waals surface area contributed by atoms with Crippen molar-refractivity contribution < 1.29 is 27.4 Å². The minimum Gasteiger partial charge on any atom is -0.469 e. The Bertz CT molecular complexity index is 1680. The van der Waals surface area contributed by atoms with Gasteiger partial charge in [-0.25, -0.2) is 13.4 Å². The first-order valence-corrected chi connectivity index (χ1v) is 19.6. The molecule has 0 N–H and O–H groups in total. The fraction of sp³-hybridized carbons (Fsp3) is 0.344. The monoisotopic (exact) mass is 621 g/mol. The van der Waals surface area contributed by atoms with Gasteiger partial charge in [0.25, 0.3) is 0 Å². The highest BCUT2D eigenvalue weighted by atomic mass is 32.2. The Kier molecular flexibility index (Phi) is 10.2. The lowest BCUT2D eigenvalue weighted by Gasteiger charge is -2.19. The van der Waals surface area contributed by atoms with Gasteiger partial charge in [-0.05, 0) is 54.9 Å². The molecule has 0 aliphatic heterocycles. The third kappa shape index (κ3) is 7.78. The fourth-order valence-electron chi connectivity index (χ4n) is 4.55. The molecule has 0 fully saturated rings. The van der Waals surface area contributed by atoms with E-state index in [2.05, 4.69) is 31.2 Å². The van der Waals surface area contributed by atoms with Crippen molar-refractivity contribution in [2.75, 3.05) is 19.5 Å². The zero-order valence-electron chi connectivity index (χ0n) is 25.4. The number of hydrogen-bond acceptors (Lipinski definition) is 8. The van der Waals surface area contributed by atoms with Gasteiger partial charge in [0.2, 0.25) is 0 Å². The summed E-state index contributed by atoms with van der Waals surface area (Å²) in [5, 5.41) is 0. The Balaban J connectivity index is 1.86. The zero-order valence-corrected chi connectivity index (χ0v) is 27.2. The molecule has 2 aromatic carbocycles. The fourth-order valence-corrected chi connectivity index (χ4v) is 6.19. The van der Waals surface area contributed by atoms with Crippen LogP contribution >= 0.6 is 0 Å². The molecule has 228 valence electrons. The van der Waals surface area contributed by atoms with E-state index >= 15 is 0 Å². The van der Waals surface area contributed by atoms with Crippen LogP contribution in [-0.4, -0.2) is 56.5 Å². The molecule has 0 aliphatic carbocycles. The third-order valence-electron chi connectivity index (χ3n) is 7.04. The van der Waals surface area contributed by atoms with Gasteiger partial charge in [0, 0.05) is 32.5 Å². The second-order valence-electron chi connectivity index (χ2n) is 11.4. The van der Waals surface area contributed by atoms with Crippen LogP contribution in [-0.2, 0) is 30.8 Å². The van der Waals surface area contributed by atoms with Crippen molar-refractivity contribution in [1.82, 2.24) is 14.5 Å². The summed E-state index contributed by atoms with van der Waals surface area (Å²) in [5.41, 5.74) is 2.63. The van der Waals surface area contributed by atoms with Crippen LogP contribution in [0.5, 0.6) is 11.5 Å². The molecular formula is C32H39N3O6SSi. The van der Waals surface area contributed by atoms with E-state index in [1.54, 1.807) is 31.3 Å². The Morgan fingerprint density at radius 2 is 1.86 bits per heavy atom. The predicted octanol–water partition coefficient (Wildman–Crippen LogP) is 6.83. The Hall–Kier alpha value is -3.80. The van der Waals surface area contributed by atoms with Crippen molar-refractivity contribution in [3.05, 3.63) is 79.0 Å². The number of esters is 1. The van der Waals surface area contributed by atoms with Crippen LogP contribution in [0.25, 0.3) is 22.6 Å². The first-order chi connectivity index (χ1) is 20.5. The van der Waals surface area contributed by atoms with Gasteiger partial charge in [-0.3, -0.25) is 14.3 Å². The standard InChI is InChI=1S/C32H39N3O6SSi/c1-7-11-25(32(36)39-3)26-20-28-29(21-30(26)41-23-13-15-24(16-14-23)42(37,38)8-2)35(22-40-18-19-43(4,5)6)31(34-28)27-12-9-10-17-33-27/h7,9-10,12-17,20-21,25H,1,8,11,18-19,22H2,2-6H3. The number of fused-ring (bicyclic) bond motifs is 1. The smallest absolute Gasteiger partial charge is 0.313 e. The van der Waals surface area contributed by atoms with E-state index in [-0.39, 0.29) is 17.4 Å². The van der Waals surface area contributed by atoms with E-state index in [0.717, 1.165) is 11.6 Å². The van der Waals surface area contributed by atoms with Crippen LogP contribution in [0, 0.1) is 0 Å². The van der Waals surface area contributed by atoms with Crippen molar-refractivity contribution in [2.24, 2.45) is 0 Å². The number of rotatable bonds is 14. The molecule has 2 heterocycles. The second kappa shape index (κ2) is 13.7. The molecule has 11 heteroatoms. The SMILES string of the molecule is C=CCC(C(=O)OC)c1cc2nc(-c3ccccn3)n(COCC[Si](C)(C)C)c2cc1Oc1ccc(S(=O)(=O)CC)cc1.